The first kappa shape index (κ1) is 21.5. The third-order valence-corrected chi connectivity index (χ3v) is 5.62. The minimum Gasteiger partial charge on any atom is -0.356 e. The van der Waals surface area contributed by atoms with Gasteiger partial charge in [0.15, 0.2) is 15.8 Å². The van der Waals surface area contributed by atoms with Crippen molar-refractivity contribution in [3.05, 3.63) is 35.9 Å². The first-order valence-corrected chi connectivity index (χ1v) is 10.9. The molecule has 0 aliphatic rings. The Balaban J connectivity index is 2.30. The van der Waals surface area contributed by atoms with E-state index in [0.29, 0.717) is 24.9 Å². The lowest BCUT2D eigenvalue weighted by atomic mass is 10.0. The van der Waals surface area contributed by atoms with Gasteiger partial charge in [0.1, 0.15) is 0 Å². The number of hydrogen-bond acceptors (Lipinski definition) is 3. The highest BCUT2D eigenvalue weighted by molar-refractivity contribution is 7.90. The summed E-state index contributed by atoms with van der Waals surface area (Å²) in [7, 11) is -1.35. The second-order valence-electron chi connectivity index (χ2n) is 6.95. The fraction of sp³-hybridized carbons (Fsp3) is 0.632. The van der Waals surface area contributed by atoms with Crippen molar-refractivity contribution in [3.8, 4) is 0 Å². The van der Waals surface area contributed by atoms with Crippen molar-refractivity contribution in [2.45, 2.75) is 51.8 Å². The largest absolute Gasteiger partial charge is 0.356 e. The highest BCUT2D eigenvalue weighted by Gasteiger charge is 2.12. The quantitative estimate of drug-likeness (QED) is 0.379. The van der Waals surface area contributed by atoms with Gasteiger partial charge in [-0.1, -0.05) is 44.2 Å². The number of nitrogens with zero attached hydrogens (tertiary/aromatic N) is 1. The maximum absolute atomic E-state index is 12.2. The molecule has 1 atom stereocenters. The monoisotopic (exact) mass is 367 g/mol. The lowest BCUT2D eigenvalue weighted by Crippen LogP contribution is -2.42. The third kappa shape index (κ3) is 10.1. The summed E-state index contributed by atoms with van der Waals surface area (Å²) in [5.74, 6) is 1.70. The van der Waals surface area contributed by atoms with Crippen LogP contribution in [0.4, 0.5) is 0 Å². The zero-order valence-electron chi connectivity index (χ0n) is 16.0. The molecule has 2 N–H and O–H groups in total. The maximum atomic E-state index is 12.2. The molecule has 6 heteroatoms. The summed E-state index contributed by atoms with van der Waals surface area (Å²) in [5, 5.41) is 6.55. The van der Waals surface area contributed by atoms with E-state index >= 15 is 0 Å². The van der Waals surface area contributed by atoms with E-state index in [2.05, 4.69) is 36.4 Å². The Hall–Kier alpha value is -1.56. The molecule has 0 heterocycles. The van der Waals surface area contributed by atoms with Crippen molar-refractivity contribution in [1.29, 1.82) is 0 Å². The van der Waals surface area contributed by atoms with E-state index in [1.54, 1.807) is 7.05 Å². The molecular weight excluding hydrogens is 334 g/mol. The summed E-state index contributed by atoms with van der Waals surface area (Å²) in [5.41, 5.74) is 0.840. The van der Waals surface area contributed by atoms with Crippen molar-refractivity contribution >= 4 is 15.8 Å². The van der Waals surface area contributed by atoms with Gasteiger partial charge in [-0.3, -0.25) is 4.99 Å². The average Bonchev–Trinajstić information content (AvgIpc) is 2.56. The molecular formula is C19H33N3O2S. The molecule has 0 spiro atoms. The molecule has 0 aliphatic heterocycles. The zero-order chi connectivity index (χ0) is 18.7. The zero-order valence-corrected chi connectivity index (χ0v) is 16.8. The van der Waals surface area contributed by atoms with E-state index in [1.165, 1.54) is 6.42 Å². The lowest BCUT2D eigenvalue weighted by Gasteiger charge is -2.18. The number of hydrogen-bond donors (Lipinski definition) is 2. The Morgan fingerprint density at radius 2 is 1.80 bits per heavy atom. The molecule has 0 amide bonds. The minimum atomic E-state index is -3.08. The van der Waals surface area contributed by atoms with Crippen molar-refractivity contribution < 1.29 is 8.42 Å². The topological polar surface area (TPSA) is 70.6 Å². The average molecular weight is 368 g/mol. The second kappa shape index (κ2) is 11.1. The third-order valence-electron chi connectivity index (χ3n) is 3.94. The highest BCUT2D eigenvalue weighted by atomic mass is 32.2. The molecule has 1 aromatic rings. The molecule has 0 saturated carbocycles. The van der Waals surface area contributed by atoms with E-state index in [1.807, 2.05) is 30.3 Å². The molecule has 142 valence electrons. The van der Waals surface area contributed by atoms with Crippen LogP contribution in [-0.4, -0.2) is 39.8 Å². The van der Waals surface area contributed by atoms with Crippen LogP contribution < -0.4 is 10.6 Å². The molecule has 0 aromatic heterocycles. The van der Waals surface area contributed by atoms with Crippen molar-refractivity contribution in [3.63, 3.8) is 0 Å². The van der Waals surface area contributed by atoms with Gasteiger partial charge >= 0.3 is 0 Å². The molecule has 5 nitrogen and oxygen atoms in total. The van der Waals surface area contributed by atoms with Gasteiger partial charge in [0, 0.05) is 19.6 Å². The number of nitrogens with one attached hydrogen (secondary N) is 2. The number of benzene rings is 1. The standard InChI is InChI=1S/C19H33N3O2S/c1-16(2)11-12-17(3)22-19(20-4)21-13-8-14-25(23,24)15-18-9-6-5-7-10-18/h5-7,9-10,16-17H,8,11-15H2,1-4H3,(H2,20,21,22). The van der Waals surface area contributed by atoms with Crippen LogP contribution in [0.2, 0.25) is 0 Å². The van der Waals surface area contributed by atoms with Gasteiger partial charge in [0.05, 0.1) is 11.5 Å². The first-order valence-electron chi connectivity index (χ1n) is 9.04. The number of guanidine groups is 1. The molecule has 1 aromatic carbocycles. The summed E-state index contributed by atoms with van der Waals surface area (Å²) in [6.45, 7) is 7.16. The van der Waals surface area contributed by atoms with Crippen LogP contribution >= 0.6 is 0 Å². The smallest absolute Gasteiger partial charge is 0.191 e. The Bertz CT molecular complexity index is 613. The molecule has 0 aliphatic carbocycles. The SMILES string of the molecule is CN=C(NCCCS(=O)(=O)Cc1ccccc1)NC(C)CCC(C)C. The van der Waals surface area contributed by atoms with Crippen LogP contribution in [0.15, 0.2) is 35.3 Å². The Labute approximate surface area is 153 Å². The summed E-state index contributed by atoms with van der Waals surface area (Å²) in [4.78, 5) is 4.20. The van der Waals surface area contributed by atoms with E-state index in [4.69, 9.17) is 0 Å². The summed E-state index contributed by atoms with van der Waals surface area (Å²) < 4.78 is 24.3. The fourth-order valence-electron chi connectivity index (χ4n) is 2.48. The van der Waals surface area contributed by atoms with Crippen LogP contribution in [0.25, 0.3) is 0 Å². The van der Waals surface area contributed by atoms with E-state index in [-0.39, 0.29) is 11.5 Å². The van der Waals surface area contributed by atoms with Crippen LogP contribution in [-0.2, 0) is 15.6 Å². The van der Waals surface area contributed by atoms with Gasteiger partial charge in [-0.25, -0.2) is 8.42 Å². The molecule has 0 saturated heterocycles. The predicted octanol–water partition coefficient (Wildman–Crippen LogP) is 2.98. The summed E-state index contributed by atoms with van der Waals surface area (Å²) >= 11 is 0. The normalized spacial score (nSPS) is 13.7. The summed E-state index contributed by atoms with van der Waals surface area (Å²) in [6.07, 6.45) is 2.82. The molecule has 0 bridgehead atoms. The Kier molecular flexibility index (Phi) is 9.57. The maximum Gasteiger partial charge on any atom is 0.191 e. The van der Waals surface area contributed by atoms with Gasteiger partial charge < -0.3 is 10.6 Å². The molecule has 25 heavy (non-hydrogen) atoms. The molecule has 0 fully saturated rings. The van der Waals surface area contributed by atoms with Crippen molar-refractivity contribution in [1.82, 2.24) is 10.6 Å². The van der Waals surface area contributed by atoms with E-state index in [0.717, 1.165) is 17.9 Å². The van der Waals surface area contributed by atoms with Crippen molar-refractivity contribution in [2.75, 3.05) is 19.3 Å². The van der Waals surface area contributed by atoms with Gasteiger partial charge in [0.2, 0.25) is 0 Å². The molecule has 1 rings (SSSR count). The molecule has 0 radical (unpaired) electrons. The number of rotatable bonds is 10. The first-order chi connectivity index (χ1) is 11.8. The van der Waals surface area contributed by atoms with Crippen LogP contribution in [0.1, 0.15) is 45.6 Å². The highest BCUT2D eigenvalue weighted by Crippen LogP contribution is 2.07. The van der Waals surface area contributed by atoms with Gasteiger partial charge in [0.25, 0.3) is 0 Å². The Morgan fingerprint density at radius 1 is 1.12 bits per heavy atom. The van der Waals surface area contributed by atoms with Crippen LogP contribution in [0, 0.1) is 5.92 Å². The minimum absolute atomic E-state index is 0.104. The molecule has 1 unspecified atom stereocenters. The van der Waals surface area contributed by atoms with Gasteiger partial charge in [-0.05, 0) is 37.7 Å². The Morgan fingerprint density at radius 3 is 2.40 bits per heavy atom. The van der Waals surface area contributed by atoms with Crippen LogP contribution in [0.3, 0.4) is 0 Å². The second-order valence-corrected chi connectivity index (χ2v) is 9.13. The number of sulfone groups is 1. The fourth-order valence-corrected chi connectivity index (χ4v) is 3.91. The van der Waals surface area contributed by atoms with E-state index < -0.39 is 9.84 Å². The van der Waals surface area contributed by atoms with Crippen molar-refractivity contribution in [2.24, 2.45) is 10.9 Å². The van der Waals surface area contributed by atoms with Gasteiger partial charge in [-0.2, -0.15) is 0 Å². The van der Waals surface area contributed by atoms with Gasteiger partial charge in [-0.15, -0.1) is 0 Å². The van der Waals surface area contributed by atoms with Crippen LogP contribution in [0.5, 0.6) is 0 Å². The number of aliphatic imine (C=N–C) groups is 1. The predicted molar refractivity (Wildman–Crippen MR) is 107 cm³/mol. The summed E-state index contributed by atoms with van der Waals surface area (Å²) in [6, 6.07) is 9.65. The lowest BCUT2D eigenvalue weighted by molar-refractivity contribution is 0.489. The van der Waals surface area contributed by atoms with E-state index in [9.17, 15) is 8.42 Å².